The first kappa shape index (κ1) is 31.2. The molecule has 0 radical (unpaired) electrons. The Labute approximate surface area is 233 Å². The number of amides is 1. The van der Waals surface area contributed by atoms with Crippen LogP contribution in [0.15, 0.2) is 42.5 Å². The van der Waals surface area contributed by atoms with E-state index < -0.39 is 23.8 Å². The highest BCUT2D eigenvalue weighted by Gasteiger charge is 2.35. The van der Waals surface area contributed by atoms with Crippen molar-refractivity contribution < 1.29 is 18.7 Å². The third-order valence-electron chi connectivity index (χ3n) is 7.91. The second kappa shape index (κ2) is 14.3. The summed E-state index contributed by atoms with van der Waals surface area (Å²) in [7, 11) is 1.87. The molecule has 5 nitrogen and oxygen atoms in total. The van der Waals surface area contributed by atoms with Crippen LogP contribution >= 0.6 is 0 Å². The van der Waals surface area contributed by atoms with Gasteiger partial charge in [0.2, 0.25) is 5.91 Å². The van der Waals surface area contributed by atoms with Gasteiger partial charge in [0.1, 0.15) is 11.6 Å². The highest BCUT2D eigenvalue weighted by molar-refractivity contribution is 5.76. The molecule has 3 rings (SSSR count). The molecule has 1 unspecified atom stereocenters. The molecule has 0 heterocycles. The summed E-state index contributed by atoms with van der Waals surface area (Å²) >= 11 is 0. The number of hydrogen-bond donors (Lipinski definition) is 4. The van der Waals surface area contributed by atoms with Crippen molar-refractivity contribution in [1.82, 2.24) is 16.0 Å². The van der Waals surface area contributed by atoms with E-state index in [2.05, 4.69) is 61.0 Å². The molecule has 0 saturated heterocycles. The molecule has 2 aromatic rings. The van der Waals surface area contributed by atoms with Gasteiger partial charge in [0.15, 0.2) is 0 Å². The van der Waals surface area contributed by atoms with Crippen LogP contribution in [0, 0.1) is 11.6 Å². The van der Waals surface area contributed by atoms with Crippen LogP contribution < -0.4 is 16.0 Å². The van der Waals surface area contributed by atoms with Crippen LogP contribution in [0.3, 0.4) is 0 Å². The van der Waals surface area contributed by atoms with E-state index in [9.17, 15) is 18.7 Å². The molecule has 0 bridgehead atoms. The summed E-state index contributed by atoms with van der Waals surface area (Å²) in [4.78, 5) is 12.8. The number of carbonyl (C=O) groups excluding carboxylic acids is 1. The lowest BCUT2D eigenvalue weighted by Crippen LogP contribution is -2.53. The zero-order chi connectivity index (χ0) is 28.5. The number of nitrogens with one attached hydrogen (secondary N) is 3. The van der Waals surface area contributed by atoms with Gasteiger partial charge in [0, 0.05) is 24.6 Å². The van der Waals surface area contributed by atoms with Crippen LogP contribution in [0.4, 0.5) is 8.78 Å². The average Bonchev–Trinajstić information content (AvgIpc) is 2.89. The summed E-state index contributed by atoms with van der Waals surface area (Å²) in [6, 6.07) is 11.4. The zero-order valence-electron chi connectivity index (χ0n) is 24.1. The van der Waals surface area contributed by atoms with Gasteiger partial charge in [0.05, 0.1) is 12.1 Å². The highest BCUT2D eigenvalue weighted by atomic mass is 19.1. The summed E-state index contributed by atoms with van der Waals surface area (Å²) in [6.45, 7) is 7.70. The van der Waals surface area contributed by atoms with Gasteiger partial charge in [-0.25, -0.2) is 8.78 Å². The minimum atomic E-state index is -0.942. The third kappa shape index (κ3) is 9.37. The molecular formula is C32H47F2N3O2. The number of aliphatic hydroxyl groups excluding tert-OH is 1. The van der Waals surface area contributed by atoms with E-state index in [1.165, 1.54) is 29.7 Å². The monoisotopic (exact) mass is 543 g/mol. The lowest BCUT2D eigenvalue weighted by molar-refractivity contribution is -0.122. The van der Waals surface area contributed by atoms with Crippen LogP contribution in [0.5, 0.6) is 0 Å². The number of benzene rings is 2. The maximum Gasteiger partial charge on any atom is 0.220 e. The molecule has 7 heteroatoms. The van der Waals surface area contributed by atoms with E-state index in [-0.39, 0.29) is 29.8 Å². The van der Waals surface area contributed by atoms with Gasteiger partial charge < -0.3 is 21.1 Å². The smallest absolute Gasteiger partial charge is 0.220 e. The van der Waals surface area contributed by atoms with Crippen LogP contribution in [0.1, 0.15) is 88.8 Å². The van der Waals surface area contributed by atoms with Gasteiger partial charge in [-0.1, -0.05) is 64.3 Å². The van der Waals surface area contributed by atoms with Gasteiger partial charge in [-0.15, -0.1) is 0 Å². The Hall–Kier alpha value is -2.35. The minimum Gasteiger partial charge on any atom is -0.390 e. The van der Waals surface area contributed by atoms with Crippen LogP contribution in [0.25, 0.3) is 0 Å². The molecule has 216 valence electrons. The Morgan fingerprint density at radius 3 is 2.36 bits per heavy atom. The predicted molar refractivity (Wildman–Crippen MR) is 154 cm³/mol. The summed E-state index contributed by atoms with van der Waals surface area (Å²) in [5, 5.41) is 21.1. The summed E-state index contributed by atoms with van der Waals surface area (Å²) in [6.07, 6.45) is 6.40. The number of carbonyl (C=O) groups is 1. The van der Waals surface area contributed by atoms with E-state index in [0.29, 0.717) is 12.0 Å². The number of halogens is 2. The fourth-order valence-corrected chi connectivity index (χ4v) is 5.58. The quantitative estimate of drug-likeness (QED) is 0.252. The first-order valence-corrected chi connectivity index (χ1v) is 14.5. The van der Waals surface area contributed by atoms with E-state index in [1.54, 1.807) is 0 Å². The van der Waals surface area contributed by atoms with Crippen LogP contribution in [-0.2, 0) is 22.2 Å². The topological polar surface area (TPSA) is 73.4 Å². The molecule has 39 heavy (non-hydrogen) atoms. The molecule has 1 aliphatic rings. The first-order valence-electron chi connectivity index (χ1n) is 14.5. The Morgan fingerprint density at radius 1 is 1.03 bits per heavy atom. The van der Waals surface area contributed by atoms with Crippen molar-refractivity contribution in [3.05, 3.63) is 70.8 Å². The highest BCUT2D eigenvalue weighted by Crippen LogP contribution is 2.38. The Kier molecular flexibility index (Phi) is 11.5. The normalized spacial score (nSPS) is 17.0. The molecule has 2 atom stereocenters. The van der Waals surface area contributed by atoms with Gasteiger partial charge in [-0.3, -0.25) is 4.79 Å². The summed E-state index contributed by atoms with van der Waals surface area (Å²) in [5.74, 6) is -1.51. The van der Waals surface area contributed by atoms with E-state index in [4.69, 9.17) is 0 Å². The van der Waals surface area contributed by atoms with Crippen LogP contribution in [0.2, 0.25) is 0 Å². The molecule has 0 spiro atoms. The van der Waals surface area contributed by atoms with Crippen LogP contribution in [-0.4, -0.2) is 43.3 Å². The maximum absolute atomic E-state index is 13.9. The van der Waals surface area contributed by atoms with E-state index in [0.717, 1.165) is 51.1 Å². The third-order valence-corrected chi connectivity index (χ3v) is 7.91. The number of aliphatic hydroxyl groups is 1. The van der Waals surface area contributed by atoms with Crippen molar-refractivity contribution in [2.45, 2.75) is 102 Å². The van der Waals surface area contributed by atoms with Crippen molar-refractivity contribution in [3.8, 4) is 0 Å². The van der Waals surface area contributed by atoms with Gasteiger partial charge in [0.25, 0.3) is 0 Å². The zero-order valence-corrected chi connectivity index (χ0v) is 24.1. The van der Waals surface area contributed by atoms with E-state index in [1.807, 2.05) is 7.05 Å². The molecule has 1 aliphatic carbocycles. The second-order valence-corrected chi connectivity index (χ2v) is 12.1. The van der Waals surface area contributed by atoms with Crippen molar-refractivity contribution >= 4 is 5.91 Å². The molecular weight excluding hydrogens is 496 g/mol. The lowest BCUT2D eigenvalue weighted by Gasteiger charge is -2.41. The standard InChI is InChI=1S/C32H47F2N3O2/c1-31(2,3)24-11-10-12-25(20-24)32(14-7-5-8-15-32)36-22-29(38)28(37-30(39)13-6-9-16-35-4)19-23-17-26(33)21-27(34)18-23/h10-12,17-18,20-21,28-29,35-36,38H,5-9,13-16,19,22H2,1-4H3,(H,37,39)/t28-,29?/m0/s1. The Bertz CT molecular complexity index is 1040. The first-order chi connectivity index (χ1) is 18.5. The molecule has 0 aromatic heterocycles. The lowest BCUT2D eigenvalue weighted by atomic mass is 9.74. The van der Waals surface area contributed by atoms with E-state index >= 15 is 0 Å². The van der Waals surface area contributed by atoms with Gasteiger partial charge in [-0.05, 0) is 79.9 Å². The number of unbranched alkanes of at least 4 members (excludes halogenated alkanes) is 1. The van der Waals surface area contributed by atoms with Crippen molar-refractivity contribution in [1.29, 1.82) is 0 Å². The second-order valence-electron chi connectivity index (χ2n) is 12.1. The molecule has 2 aromatic carbocycles. The number of rotatable bonds is 13. The van der Waals surface area contributed by atoms with Crippen molar-refractivity contribution in [3.63, 3.8) is 0 Å². The van der Waals surface area contributed by atoms with Gasteiger partial charge >= 0.3 is 0 Å². The molecule has 1 amide bonds. The Balaban J connectivity index is 1.78. The molecule has 1 fully saturated rings. The van der Waals surface area contributed by atoms with Crippen molar-refractivity contribution in [2.75, 3.05) is 20.1 Å². The molecule has 0 aliphatic heterocycles. The van der Waals surface area contributed by atoms with Crippen molar-refractivity contribution in [2.24, 2.45) is 0 Å². The average molecular weight is 544 g/mol. The molecule has 4 N–H and O–H groups in total. The maximum atomic E-state index is 13.9. The Morgan fingerprint density at radius 2 is 1.72 bits per heavy atom. The molecule has 1 saturated carbocycles. The largest absolute Gasteiger partial charge is 0.390 e. The SMILES string of the molecule is CNCCCCC(=O)N[C@@H](Cc1cc(F)cc(F)c1)C(O)CNC1(c2cccc(C(C)(C)C)c2)CCCCC1. The summed E-state index contributed by atoms with van der Waals surface area (Å²) in [5.41, 5.74) is 2.64. The fourth-order valence-electron chi connectivity index (χ4n) is 5.58. The predicted octanol–water partition coefficient (Wildman–Crippen LogP) is 5.49. The summed E-state index contributed by atoms with van der Waals surface area (Å²) < 4.78 is 27.8. The minimum absolute atomic E-state index is 0.0220. The van der Waals surface area contributed by atoms with Gasteiger partial charge in [-0.2, -0.15) is 0 Å². The number of hydrogen-bond acceptors (Lipinski definition) is 4. The fraction of sp³-hybridized carbons (Fsp3) is 0.594.